The van der Waals surface area contributed by atoms with Crippen molar-refractivity contribution in [2.24, 2.45) is 5.73 Å². The highest BCUT2D eigenvalue weighted by molar-refractivity contribution is 5.69. The first-order valence-corrected chi connectivity index (χ1v) is 3.53. The second-order valence-corrected chi connectivity index (χ2v) is 2.28. The van der Waals surface area contributed by atoms with Gasteiger partial charge in [0, 0.05) is 12.5 Å². The lowest BCUT2D eigenvalue weighted by molar-refractivity contribution is -0.140. The highest BCUT2D eigenvalue weighted by atomic mass is 16.5. The van der Waals surface area contributed by atoms with Gasteiger partial charge in [0.15, 0.2) is 0 Å². The maximum absolute atomic E-state index is 10.6. The lowest BCUT2D eigenvalue weighted by Crippen LogP contribution is -2.19. The Bertz CT molecular complexity index is 104. The molecule has 0 aliphatic rings. The zero-order valence-corrected chi connectivity index (χ0v) is 6.59. The summed E-state index contributed by atoms with van der Waals surface area (Å²) in [6.45, 7) is 2.00. The molecule has 3 nitrogen and oxygen atoms in total. The van der Waals surface area contributed by atoms with Gasteiger partial charge in [0.1, 0.15) is 0 Å². The molecule has 0 heterocycles. The molecule has 0 saturated carbocycles. The number of methoxy groups -OCH3 is 1. The summed E-state index contributed by atoms with van der Waals surface area (Å²) in [7, 11) is 1.39. The average Bonchev–Trinajstić information content (AvgIpc) is 1.99. The molecule has 0 saturated heterocycles. The van der Waals surface area contributed by atoms with Crippen molar-refractivity contribution in [2.75, 3.05) is 7.11 Å². The number of ether oxygens (including phenoxy) is 1. The third kappa shape index (κ3) is 4.32. The third-order valence-electron chi connectivity index (χ3n) is 1.47. The zero-order chi connectivity index (χ0) is 7.98. The van der Waals surface area contributed by atoms with E-state index < -0.39 is 0 Å². The number of hydrogen-bond acceptors (Lipinski definition) is 3. The second-order valence-electron chi connectivity index (χ2n) is 2.28. The van der Waals surface area contributed by atoms with Crippen LogP contribution in [0.2, 0.25) is 0 Å². The predicted octanol–water partition coefficient (Wildman–Crippen LogP) is 0.677. The highest BCUT2D eigenvalue weighted by Gasteiger charge is 2.03. The van der Waals surface area contributed by atoms with Crippen LogP contribution < -0.4 is 5.73 Å². The minimum absolute atomic E-state index is 0.138. The van der Waals surface area contributed by atoms with Crippen molar-refractivity contribution >= 4 is 5.97 Å². The Morgan fingerprint density at radius 2 is 2.30 bits per heavy atom. The molecule has 0 aliphatic heterocycles. The summed E-state index contributed by atoms with van der Waals surface area (Å²) in [5.41, 5.74) is 5.57. The van der Waals surface area contributed by atoms with E-state index in [0.717, 1.165) is 12.8 Å². The average molecular weight is 145 g/mol. The monoisotopic (exact) mass is 145 g/mol. The Labute approximate surface area is 61.5 Å². The maximum atomic E-state index is 10.6. The van der Waals surface area contributed by atoms with Crippen molar-refractivity contribution < 1.29 is 9.53 Å². The van der Waals surface area contributed by atoms with E-state index in [1.54, 1.807) is 0 Å². The first-order valence-electron chi connectivity index (χ1n) is 3.53. The molecule has 0 aliphatic carbocycles. The van der Waals surface area contributed by atoms with Gasteiger partial charge in [-0.1, -0.05) is 6.92 Å². The van der Waals surface area contributed by atoms with E-state index in [0.29, 0.717) is 6.42 Å². The molecule has 10 heavy (non-hydrogen) atoms. The SMILES string of the molecule is CCC(N)CCC(=O)OC. The molecule has 0 radical (unpaired) electrons. The number of nitrogens with two attached hydrogens (primary N) is 1. The van der Waals surface area contributed by atoms with Crippen molar-refractivity contribution in [1.82, 2.24) is 0 Å². The van der Waals surface area contributed by atoms with Gasteiger partial charge >= 0.3 is 5.97 Å². The quantitative estimate of drug-likeness (QED) is 0.592. The highest BCUT2D eigenvalue weighted by Crippen LogP contribution is 1.98. The maximum Gasteiger partial charge on any atom is 0.305 e. The largest absolute Gasteiger partial charge is 0.469 e. The van der Waals surface area contributed by atoms with Crippen LogP contribution in [0.5, 0.6) is 0 Å². The molecule has 0 fully saturated rings. The first kappa shape index (κ1) is 9.43. The van der Waals surface area contributed by atoms with Crippen molar-refractivity contribution in [1.29, 1.82) is 0 Å². The molecule has 60 valence electrons. The Balaban J connectivity index is 3.26. The number of carbonyl (C=O) groups excluding carboxylic acids is 1. The van der Waals surface area contributed by atoms with E-state index in [9.17, 15) is 4.79 Å². The number of rotatable bonds is 4. The molecule has 2 N–H and O–H groups in total. The molecular formula is C7H15NO2. The molecule has 1 atom stereocenters. The summed E-state index contributed by atoms with van der Waals surface area (Å²) in [5.74, 6) is -0.177. The Hall–Kier alpha value is -0.570. The van der Waals surface area contributed by atoms with Crippen LogP contribution in [0, 0.1) is 0 Å². The van der Waals surface area contributed by atoms with E-state index >= 15 is 0 Å². The third-order valence-corrected chi connectivity index (χ3v) is 1.47. The van der Waals surface area contributed by atoms with Gasteiger partial charge in [-0.05, 0) is 12.8 Å². The van der Waals surface area contributed by atoms with E-state index in [4.69, 9.17) is 5.73 Å². The molecular weight excluding hydrogens is 130 g/mol. The van der Waals surface area contributed by atoms with Crippen molar-refractivity contribution in [2.45, 2.75) is 32.2 Å². The standard InChI is InChI=1S/C7H15NO2/c1-3-6(8)4-5-7(9)10-2/h6H,3-5,8H2,1-2H3. The first-order chi connectivity index (χ1) is 4.70. The normalized spacial score (nSPS) is 12.7. The zero-order valence-electron chi connectivity index (χ0n) is 6.59. The smallest absolute Gasteiger partial charge is 0.305 e. The van der Waals surface area contributed by atoms with Gasteiger partial charge in [0.2, 0.25) is 0 Å². The minimum Gasteiger partial charge on any atom is -0.469 e. The van der Waals surface area contributed by atoms with Gasteiger partial charge < -0.3 is 10.5 Å². The van der Waals surface area contributed by atoms with Crippen LogP contribution in [0.1, 0.15) is 26.2 Å². The predicted molar refractivity (Wildman–Crippen MR) is 39.5 cm³/mol. The molecule has 0 aromatic carbocycles. The fourth-order valence-electron chi connectivity index (χ4n) is 0.609. The van der Waals surface area contributed by atoms with Gasteiger partial charge in [0.05, 0.1) is 7.11 Å². The van der Waals surface area contributed by atoms with E-state index in [2.05, 4.69) is 4.74 Å². The van der Waals surface area contributed by atoms with E-state index in [-0.39, 0.29) is 12.0 Å². The van der Waals surface area contributed by atoms with Gasteiger partial charge in [0.25, 0.3) is 0 Å². The van der Waals surface area contributed by atoms with Gasteiger partial charge in [-0.25, -0.2) is 0 Å². The molecule has 0 rings (SSSR count). The van der Waals surface area contributed by atoms with Crippen LogP contribution in [0.4, 0.5) is 0 Å². The van der Waals surface area contributed by atoms with Crippen LogP contribution >= 0.6 is 0 Å². The van der Waals surface area contributed by atoms with Crippen LogP contribution in [-0.2, 0) is 9.53 Å². The van der Waals surface area contributed by atoms with Gasteiger partial charge in [-0.2, -0.15) is 0 Å². The summed E-state index contributed by atoms with van der Waals surface area (Å²) in [5, 5.41) is 0. The summed E-state index contributed by atoms with van der Waals surface area (Å²) >= 11 is 0. The molecule has 0 amide bonds. The van der Waals surface area contributed by atoms with Crippen LogP contribution in [-0.4, -0.2) is 19.1 Å². The summed E-state index contributed by atoms with van der Waals surface area (Å²) < 4.78 is 4.45. The van der Waals surface area contributed by atoms with Crippen LogP contribution in [0.3, 0.4) is 0 Å². The molecule has 3 heteroatoms. The molecule has 0 bridgehead atoms. The number of hydrogen-bond donors (Lipinski definition) is 1. The summed E-state index contributed by atoms with van der Waals surface area (Å²) in [4.78, 5) is 10.6. The van der Waals surface area contributed by atoms with Crippen LogP contribution in [0.15, 0.2) is 0 Å². The molecule has 1 unspecified atom stereocenters. The summed E-state index contributed by atoms with van der Waals surface area (Å²) in [6, 6.07) is 0.138. The Morgan fingerprint density at radius 3 is 2.70 bits per heavy atom. The van der Waals surface area contributed by atoms with Gasteiger partial charge in [-0.15, -0.1) is 0 Å². The van der Waals surface area contributed by atoms with Crippen LogP contribution in [0.25, 0.3) is 0 Å². The number of esters is 1. The minimum atomic E-state index is -0.177. The molecule has 0 aromatic heterocycles. The lowest BCUT2D eigenvalue weighted by Gasteiger charge is -2.05. The topological polar surface area (TPSA) is 52.3 Å². The lowest BCUT2D eigenvalue weighted by atomic mass is 10.1. The van der Waals surface area contributed by atoms with Crippen molar-refractivity contribution in [3.8, 4) is 0 Å². The Kier molecular flexibility index (Phi) is 4.94. The molecule has 0 spiro atoms. The van der Waals surface area contributed by atoms with Crippen molar-refractivity contribution in [3.05, 3.63) is 0 Å². The van der Waals surface area contributed by atoms with Crippen molar-refractivity contribution in [3.63, 3.8) is 0 Å². The van der Waals surface area contributed by atoms with E-state index in [1.165, 1.54) is 7.11 Å². The number of carbonyl (C=O) groups is 1. The second kappa shape index (κ2) is 5.23. The Morgan fingerprint density at radius 1 is 1.70 bits per heavy atom. The van der Waals surface area contributed by atoms with E-state index in [1.807, 2.05) is 6.92 Å². The summed E-state index contributed by atoms with van der Waals surface area (Å²) in [6.07, 6.45) is 2.08. The molecule has 0 aromatic rings. The van der Waals surface area contributed by atoms with Gasteiger partial charge in [-0.3, -0.25) is 4.79 Å². The fraction of sp³-hybridized carbons (Fsp3) is 0.857. The fourth-order valence-corrected chi connectivity index (χ4v) is 0.609.